The summed E-state index contributed by atoms with van der Waals surface area (Å²) in [5.74, 6) is -0.0573. The number of hydrogen-bond donors (Lipinski definition) is 3. The Labute approximate surface area is 136 Å². The van der Waals surface area contributed by atoms with Crippen LogP contribution in [0.25, 0.3) is 0 Å². The van der Waals surface area contributed by atoms with Crippen molar-refractivity contribution < 1.29 is 4.79 Å². The summed E-state index contributed by atoms with van der Waals surface area (Å²) < 4.78 is 0.810. The summed E-state index contributed by atoms with van der Waals surface area (Å²) in [4.78, 5) is 13.8. The van der Waals surface area contributed by atoms with Crippen LogP contribution >= 0.6 is 34.3 Å². The molecule has 0 unspecified atom stereocenters. The summed E-state index contributed by atoms with van der Waals surface area (Å²) in [5.41, 5.74) is 6.46. The zero-order chi connectivity index (χ0) is 14.8. The molecule has 0 aliphatic heterocycles. The lowest BCUT2D eigenvalue weighted by Gasteiger charge is -2.02. The number of anilines is 2. The van der Waals surface area contributed by atoms with Gasteiger partial charge in [0, 0.05) is 17.5 Å². The van der Waals surface area contributed by atoms with Gasteiger partial charge in [-0.05, 0) is 37.5 Å². The van der Waals surface area contributed by atoms with Crippen molar-refractivity contribution in [3.05, 3.63) is 32.3 Å². The molecule has 4 N–H and O–H groups in total. The fourth-order valence-electron chi connectivity index (χ4n) is 1.94. The SMILES string of the molecule is Nc1cc(NCCc2ccc(Cl)s2)sc1C(=O)NC1CC1. The number of thiophene rings is 2. The number of nitrogen functional groups attached to an aromatic ring is 1. The third-order valence-corrected chi connectivity index (χ3v) is 5.58. The summed E-state index contributed by atoms with van der Waals surface area (Å²) in [6.45, 7) is 0.792. The third kappa shape index (κ3) is 3.90. The van der Waals surface area contributed by atoms with Crippen LogP contribution in [-0.4, -0.2) is 18.5 Å². The van der Waals surface area contributed by atoms with Crippen molar-refractivity contribution in [2.75, 3.05) is 17.6 Å². The molecule has 0 radical (unpaired) electrons. The number of rotatable bonds is 6. The van der Waals surface area contributed by atoms with Crippen LogP contribution in [0.5, 0.6) is 0 Å². The molecule has 1 saturated carbocycles. The monoisotopic (exact) mass is 341 g/mol. The van der Waals surface area contributed by atoms with E-state index >= 15 is 0 Å². The molecule has 1 aliphatic rings. The average molecular weight is 342 g/mol. The number of hydrogen-bond acceptors (Lipinski definition) is 5. The quantitative estimate of drug-likeness (QED) is 0.752. The lowest BCUT2D eigenvalue weighted by Crippen LogP contribution is -2.25. The Hall–Kier alpha value is -1.24. The van der Waals surface area contributed by atoms with Crippen LogP contribution in [0, 0.1) is 0 Å². The first-order chi connectivity index (χ1) is 10.1. The first kappa shape index (κ1) is 14.7. The van der Waals surface area contributed by atoms with Crippen molar-refractivity contribution in [3.63, 3.8) is 0 Å². The number of carbonyl (C=O) groups excluding carboxylic acids is 1. The molecule has 2 aromatic heterocycles. The topological polar surface area (TPSA) is 67.1 Å². The van der Waals surface area contributed by atoms with Gasteiger partial charge >= 0.3 is 0 Å². The molecule has 0 aromatic carbocycles. The van der Waals surface area contributed by atoms with Gasteiger partial charge in [-0.1, -0.05) is 11.6 Å². The molecule has 1 aliphatic carbocycles. The van der Waals surface area contributed by atoms with E-state index in [1.54, 1.807) is 11.3 Å². The molecular formula is C14H16ClN3OS2. The normalized spacial score (nSPS) is 14.1. The van der Waals surface area contributed by atoms with Crippen molar-refractivity contribution in [2.24, 2.45) is 0 Å². The summed E-state index contributed by atoms with van der Waals surface area (Å²) in [5, 5.41) is 7.20. The Balaban J connectivity index is 1.54. The summed E-state index contributed by atoms with van der Waals surface area (Å²) >= 11 is 8.90. The smallest absolute Gasteiger partial charge is 0.263 e. The molecule has 0 saturated heterocycles. The van der Waals surface area contributed by atoms with E-state index in [0.717, 1.165) is 35.1 Å². The Kier molecular flexibility index (Phi) is 4.37. The highest BCUT2D eigenvalue weighted by Crippen LogP contribution is 2.30. The van der Waals surface area contributed by atoms with Crippen molar-refractivity contribution in [1.29, 1.82) is 0 Å². The number of nitrogens with two attached hydrogens (primary N) is 1. The molecule has 0 spiro atoms. The molecular weight excluding hydrogens is 326 g/mol. The maximum atomic E-state index is 12.0. The largest absolute Gasteiger partial charge is 0.397 e. The average Bonchev–Trinajstić information content (AvgIpc) is 3.03. The fraction of sp³-hybridized carbons (Fsp3) is 0.357. The molecule has 3 rings (SSSR count). The lowest BCUT2D eigenvalue weighted by atomic mass is 10.3. The van der Waals surface area contributed by atoms with Crippen LogP contribution in [-0.2, 0) is 6.42 Å². The maximum Gasteiger partial charge on any atom is 0.263 e. The first-order valence-corrected chi connectivity index (χ1v) is 8.81. The fourth-order valence-corrected chi connectivity index (χ4v) is 3.94. The molecule has 2 aromatic rings. The van der Waals surface area contributed by atoms with Gasteiger partial charge in [-0.3, -0.25) is 4.79 Å². The Morgan fingerprint density at radius 1 is 1.38 bits per heavy atom. The van der Waals surface area contributed by atoms with E-state index in [2.05, 4.69) is 10.6 Å². The van der Waals surface area contributed by atoms with E-state index in [9.17, 15) is 4.79 Å². The van der Waals surface area contributed by atoms with E-state index < -0.39 is 0 Å². The summed E-state index contributed by atoms with van der Waals surface area (Å²) in [6, 6.07) is 6.11. The second-order valence-corrected chi connectivity index (χ2v) is 7.88. The number of halogens is 1. The molecule has 0 bridgehead atoms. The number of carbonyl (C=O) groups is 1. The van der Waals surface area contributed by atoms with Gasteiger partial charge in [-0.25, -0.2) is 0 Å². The van der Waals surface area contributed by atoms with E-state index in [4.69, 9.17) is 17.3 Å². The molecule has 1 fully saturated rings. The van der Waals surface area contributed by atoms with Crippen LogP contribution in [0.1, 0.15) is 27.4 Å². The first-order valence-electron chi connectivity index (χ1n) is 6.80. The van der Waals surface area contributed by atoms with Crippen LogP contribution in [0.3, 0.4) is 0 Å². The third-order valence-electron chi connectivity index (χ3n) is 3.18. The predicted octanol–water partition coefficient (Wildman–Crippen LogP) is 3.59. The molecule has 0 atom stereocenters. The second kappa shape index (κ2) is 6.25. The second-order valence-electron chi connectivity index (χ2n) is 5.03. The number of amides is 1. The molecule has 1 amide bonds. The minimum absolute atomic E-state index is 0.0573. The van der Waals surface area contributed by atoms with Gasteiger partial charge in [0.05, 0.1) is 15.0 Å². The highest BCUT2D eigenvalue weighted by atomic mass is 35.5. The Morgan fingerprint density at radius 2 is 2.19 bits per heavy atom. The zero-order valence-corrected chi connectivity index (χ0v) is 13.7. The van der Waals surface area contributed by atoms with Crippen molar-refractivity contribution in [3.8, 4) is 0 Å². The van der Waals surface area contributed by atoms with E-state index in [1.807, 2.05) is 18.2 Å². The molecule has 4 nitrogen and oxygen atoms in total. The minimum Gasteiger partial charge on any atom is -0.397 e. The van der Waals surface area contributed by atoms with Crippen LogP contribution < -0.4 is 16.4 Å². The summed E-state index contributed by atoms with van der Waals surface area (Å²) in [6.07, 6.45) is 3.05. The van der Waals surface area contributed by atoms with Gasteiger partial charge in [-0.2, -0.15) is 0 Å². The zero-order valence-electron chi connectivity index (χ0n) is 11.3. The van der Waals surface area contributed by atoms with Crippen molar-refractivity contribution in [2.45, 2.75) is 25.3 Å². The number of nitrogens with one attached hydrogen (secondary N) is 2. The Morgan fingerprint density at radius 3 is 2.86 bits per heavy atom. The molecule has 112 valence electrons. The van der Waals surface area contributed by atoms with Gasteiger partial charge in [0.1, 0.15) is 4.88 Å². The van der Waals surface area contributed by atoms with Crippen LogP contribution in [0.15, 0.2) is 18.2 Å². The minimum atomic E-state index is -0.0573. The summed E-state index contributed by atoms with van der Waals surface area (Å²) in [7, 11) is 0. The van der Waals surface area contributed by atoms with Crippen LogP contribution in [0.4, 0.5) is 10.7 Å². The van der Waals surface area contributed by atoms with Gasteiger partial charge in [0.15, 0.2) is 0 Å². The van der Waals surface area contributed by atoms with Gasteiger partial charge in [-0.15, -0.1) is 22.7 Å². The molecule has 21 heavy (non-hydrogen) atoms. The highest BCUT2D eigenvalue weighted by Gasteiger charge is 2.25. The van der Waals surface area contributed by atoms with Crippen molar-refractivity contribution in [1.82, 2.24) is 5.32 Å². The van der Waals surface area contributed by atoms with Crippen molar-refractivity contribution >= 4 is 50.9 Å². The molecule has 2 heterocycles. The molecule has 7 heteroatoms. The van der Waals surface area contributed by atoms with Gasteiger partial charge < -0.3 is 16.4 Å². The van der Waals surface area contributed by atoms with E-state index in [1.165, 1.54) is 16.2 Å². The Bertz CT molecular complexity index is 648. The van der Waals surface area contributed by atoms with Crippen LogP contribution in [0.2, 0.25) is 4.34 Å². The van der Waals surface area contributed by atoms with E-state index in [0.29, 0.717) is 16.6 Å². The van der Waals surface area contributed by atoms with Gasteiger partial charge in [0.2, 0.25) is 0 Å². The standard InChI is InChI=1S/C14H16ClN3OS2/c15-11-4-3-9(20-11)5-6-17-12-7-10(16)13(21-12)14(19)18-8-1-2-8/h3-4,7-8,17H,1-2,5-6,16H2,(H,18,19). The van der Waals surface area contributed by atoms with E-state index in [-0.39, 0.29) is 5.91 Å². The highest BCUT2D eigenvalue weighted by molar-refractivity contribution is 7.18. The lowest BCUT2D eigenvalue weighted by molar-refractivity contribution is 0.0956. The van der Waals surface area contributed by atoms with Gasteiger partial charge in [0.25, 0.3) is 5.91 Å². The predicted molar refractivity (Wildman–Crippen MR) is 90.7 cm³/mol. The maximum absolute atomic E-state index is 12.0.